The Morgan fingerprint density at radius 2 is 0.602 bits per heavy atom. The smallest absolute Gasteiger partial charge is 0.321 e. The number of nitrogens with one attached hydrogen (secondary N) is 1. The topological polar surface area (TPSA) is 653 Å². The lowest BCUT2D eigenvalue weighted by atomic mass is 9.95. The number of aliphatic hydroxyl groups excluding tert-OH is 19. The Bertz CT molecular complexity index is 2610. The molecule has 103 heavy (non-hydrogen) atoms. The number of rotatable bonds is 27. The summed E-state index contributed by atoms with van der Waals surface area (Å²) in [5.74, 6) is -6.08. The molecule has 0 aromatic rings. The van der Waals surface area contributed by atoms with Crippen LogP contribution in [0.2, 0.25) is 0 Å². The van der Waals surface area contributed by atoms with E-state index in [1.165, 1.54) is 14.0 Å². The maximum atomic E-state index is 13.0. The number of ether oxygens (including phenoxy) is 16. The third kappa shape index (κ3) is 21.0. The van der Waals surface area contributed by atoms with E-state index in [0.717, 1.165) is 23.5 Å². The van der Waals surface area contributed by atoms with E-state index in [1.807, 2.05) is 0 Å². The van der Waals surface area contributed by atoms with E-state index in [0.29, 0.717) is 0 Å². The van der Waals surface area contributed by atoms with Crippen LogP contribution in [0, 0.1) is 5.92 Å². The minimum atomic E-state index is -2.31. The highest BCUT2D eigenvalue weighted by molar-refractivity contribution is 7.99. The average Bonchev–Trinajstić information content (AvgIpc) is 0.785. The number of aliphatic carboxylic acids is 2. The Kier molecular flexibility index (Phi) is 33.4. The first-order chi connectivity index (χ1) is 49.0. The molecule has 21 aliphatic heterocycles. The lowest BCUT2D eigenvalue weighted by molar-refractivity contribution is -0.395. The molecular formula is C59H97NO41S2. The SMILES string of the molecule is CN[C@H](CSCC1O[C@H]2O[C@@H]3C(CO)O[C@H](O[C@@H]4C(CO)O[C@@H](O[C@@H]5C(CO)O[C@@H](O[C@@H]6C(CSC[C@@H](CC(=O)CCOCCOCCC(C)=O)C(=O)O)O[C@H](O[C@@H]7C(CO)O[C@@H](O[C@@H]8C(CO)O[C@@H](O[C@H]1[C@H](O)C2O)C(O)[C@@H]8O)C(O)[C@H]7O)C(O)[C@H]6O)C(O)[C@H]5O)C(O)[C@H]4O)C(O)[C@H]3O)C(=O)O. The van der Waals surface area contributed by atoms with Gasteiger partial charge in [-0.15, -0.1) is 0 Å². The predicted octanol–water partition coefficient (Wildman–Crippen LogP) is -13.0. The Balaban J connectivity index is 1.08. The predicted molar refractivity (Wildman–Crippen MR) is 332 cm³/mol. The molecule has 21 aliphatic rings. The lowest BCUT2D eigenvalue weighted by Gasteiger charge is -2.50. The van der Waals surface area contributed by atoms with Gasteiger partial charge in [0.2, 0.25) is 0 Å². The van der Waals surface area contributed by atoms with Crippen LogP contribution >= 0.6 is 23.5 Å². The largest absolute Gasteiger partial charge is 0.481 e. The van der Waals surface area contributed by atoms with Crippen molar-refractivity contribution in [1.82, 2.24) is 5.32 Å². The molecule has 0 saturated carbocycles. The molecule has 0 amide bonds. The van der Waals surface area contributed by atoms with E-state index in [9.17, 15) is 126 Å². The standard InChI is InChI=1S/C59H97NO41S2/c1-19(66)3-5-86-7-8-87-6-4-21(67)9-20(51(82)83)15-102-17-28-49-35(73)42(80)58(93-28)98-47-26(13-64)89-55(38(76)31(47)69)97-46-25(12-63)92-57(41(79)34(46)72)101-50-29(18-103-16-22(60-2)52(84)85)94-59(43(81)36(50)74)99-48-27(14-65)90-54(39(77)32(48)70)95-44-23(10-61)88-53(37(75)30(44)68)96-45-24(11-62)91-56(100-49)40(78)33(45)71/h20,22-50,53-65,68-81H,3-18H2,1-2H3,(H,82,83)(H,84,85)/t20-,22-,23?,24?,25?,26?,27?,28?,29?,30-,31-,32-,33-,34+,35-,36-,37?,38?,39?,40?,41?,42?,43?,44-,45-,46-,47-,48-,49-,50-,53+,54-,55+,56+,57+,58-,59+/m1/s1. The minimum absolute atomic E-state index is 0.0645. The van der Waals surface area contributed by atoms with Crippen molar-refractivity contribution in [3.05, 3.63) is 0 Å². The van der Waals surface area contributed by atoms with Crippen LogP contribution < -0.4 is 5.32 Å². The Hall–Kier alpha value is -2.46. The van der Waals surface area contributed by atoms with Gasteiger partial charge in [0.25, 0.3) is 0 Å². The van der Waals surface area contributed by atoms with E-state index < -0.39 is 290 Å². The number of thioether (sulfide) groups is 2. The van der Waals surface area contributed by atoms with E-state index >= 15 is 0 Å². The second-order valence-electron chi connectivity index (χ2n) is 25.7. The highest BCUT2D eigenvalue weighted by Gasteiger charge is 2.60. The van der Waals surface area contributed by atoms with Crippen LogP contribution in [0.3, 0.4) is 0 Å². The molecule has 37 atom stereocenters. The molecule has 0 aliphatic carbocycles. The van der Waals surface area contributed by atoms with Crippen LogP contribution in [0.5, 0.6) is 0 Å². The fourth-order valence-corrected chi connectivity index (χ4v) is 15.0. The number of ketones is 2. The zero-order valence-electron chi connectivity index (χ0n) is 55.5. The van der Waals surface area contributed by atoms with Gasteiger partial charge in [0.15, 0.2) is 44.0 Å². The number of Topliss-reactive ketones (excluding diaryl/α,β-unsaturated/α-hetero) is 2. The van der Waals surface area contributed by atoms with Crippen LogP contribution in [0.15, 0.2) is 0 Å². The monoisotopic (exact) mass is 1540 g/mol. The maximum Gasteiger partial charge on any atom is 0.321 e. The van der Waals surface area contributed by atoms with E-state index in [4.69, 9.17) is 75.8 Å². The summed E-state index contributed by atoms with van der Waals surface area (Å²) in [5, 5.41) is 239. The van der Waals surface area contributed by atoms with E-state index in [2.05, 4.69) is 5.32 Å². The first-order valence-corrected chi connectivity index (χ1v) is 35.5. The number of likely N-dealkylation sites (N-methyl/N-ethyl adjacent to an activating group) is 1. The second kappa shape index (κ2) is 40.0. The zero-order valence-corrected chi connectivity index (χ0v) is 57.2. The summed E-state index contributed by atoms with van der Waals surface area (Å²) < 4.78 is 93.3. The molecule has 0 spiro atoms. The first-order valence-electron chi connectivity index (χ1n) is 33.2. The van der Waals surface area contributed by atoms with Crippen molar-refractivity contribution in [2.75, 3.05) is 89.5 Å². The summed E-state index contributed by atoms with van der Waals surface area (Å²) in [6, 6.07) is -1.18. The molecule has 0 aromatic heterocycles. The molecule has 0 aromatic carbocycles. The highest BCUT2D eigenvalue weighted by Crippen LogP contribution is 2.40. The van der Waals surface area contributed by atoms with Gasteiger partial charge in [-0.3, -0.25) is 19.2 Å². The van der Waals surface area contributed by atoms with Gasteiger partial charge in [0.05, 0.1) is 77.6 Å². The Morgan fingerprint density at radius 1 is 0.350 bits per heavy atom. The number of hydrogen-bond acceptors (Lipinski definition) is 42. The number of carbonyl (C=O) groups is 4. The summed E-state index contributed by atoms with van der Waals surface area (Å²) >= 11 is 1.66. The van der Waals surface area contributed by atoms with Crippen LogP contribution in [0.4, 0.5) is 0 Å². The summed E-state index contributed by atoms with van der Waals surface area (Å²) in [4.78, 5) is 48.7. The zero-order chi connectivity index (χ0) is 75.4. The van der Waals surface area contributed by atoms with Crippen molar-refractivity contribution in [3.63, 3.8) is 0 Å². The van der Waals surface area contributed by atoms with Crippen molar-refractivity contribution < 1.29 is 202 Å². The molecule has 21 heterocycles. The van der Waals surface area contributed by atoms with Gasteiger partial charge < -0.3 is 188 Å². The van der Waals surface area contributed by atoms with Crippen molar-refractivity contribution in [2.45, 2.75) is 247 Å². The lowest BCUT2D eigenvalue weighted by Crippen LogP contribution is -2.68. The molecule has 14 unspecified atom stereocenters. The molecular weight excluding hydrogens is 1440 g/mol. The van der Waals surface area contributed by atoms with Gasteiger partial charge in [0.1, 0.15) is 176 Å². The average molecular weight is 1540 g/mol. The molecule has 14 bridgehead atoms. The molecule has 0 radical (unpaired) electrons. The third-order valence-corrected chi connectivity index (χ3v) is 20.9. The normalized spacial score (nSPS) is 44.9. The number of carboxylic acid groups (broad SMARTS) is 2. The van der Waals surface area contributed by atoms with Gasteiger partial charge in [-0.25, -0.2) is 0 Å². The van der Waals surface area contributed by atoms with Crippen molar-refractivity contribution >= 4 is 47.0 Å². The fourth-order valence-electron chi connectivity index (χ4n) is 12.6. The molecule has 44 heteroatoms. The fraction of sp³-hybridized carbons (Fsp3) is 0.932. The van der Waals surface area contributed by atoms with Gasteiger partial charge in [-0.1, -0.05) is 0 Å². The molecule has 596 valence electrons. The summed E-state index contributed by atoms with van der Waals surface area (Å²) in [5.41, 5.74) is 0. The van der Waals surface area contributed by atoms with Gasteiger partial charge in [0, 0.05) is 42.3 Å². The molecule has 22 N–H and O–H groups in total. The molecule has 42 nitrogen and oxygen atoms in total. The summed E-state index contributed by atoms with van der Waals surface area (Å²) in [6.45, 7) is -3.91. The molecule has 21 rings (SSSR count). The first kappa shape index (κ1) is 86.1. The molecule has 21 fully saturated rings. The Morgan fingerprint density at radius 3 is 0.845 bits per heavy atom. The van der Waals surface area contributed by atoms with E-state index in [1.54, 1.807) is 0 Å². The van der Waals surface area contributed by atoms with Crippen molar-refractivity contribution in [3.8, 4) is 0 Å². The van der Waals surface area contributed by atoms with Crippen LogP contribution in [-0.4, -0.2) is 441 Å². The van der Waals surface area contributed by atoms with Gasteiger partial charge in [-0.05, 0) is 14.0 Å². The van der Waals surface area contributed by atoms with Crippen molar-refractivity contribution in [2.24, 2.45) is 5.92 Å². The van der Waals surface area contributed by atoms with Crippen LogP contribution in [0.1, 0.15) is 26.2 Å². The third-order valence-electron chi connectivity index (χ3n) is 18.6. The highest BCUT2D eigenvalue weighted by atomic mass is 32.2. The maximum absolute atomic E-state index is 13.0. The Labute approximate surface area is 595 Å². The summed E-state index contributed by atoms with van der Waals surface area (Å²) in [7, 11) is 1.35. The quantitative estimate of drug-likeness (QED) is 0.0340. The number of carboxylic acids is 2. The van der Waals surface area contributed by atoms with E-state index in [-0.39, 0.29) is 62.3 Å². The molecule has 21 saturated heterocycles. The number of aliphatic hydroxyl groups is 19. The van der Waals surface area contributed by atoms with Gasteiger partial charge in [-0.2, -0.15) is 23.5 Å². The van der Waals surface area contributed by atoms with Gasteiger partial charge >= 0.3 is 11.9 Å². The van der Waals surface area contributed by atoms with Crippen LogP contribution in [0.25, 0.3) is 0 Å². The minimum Gasteiger partial charge on any atom is -0.481 e. The van der Waals surface area contributed by atoms with Crippen LogP contribution in [-0.2, 0) is 95.0 Å². The second-order valence-corrected chi connectivity index (χ2v) is 27.9. The number of hydrogen-bond donors (Lipinski definition) is 22. The summed E-state index contributed by atoms with van der Waals surface area (Å²) in [6.07, 6.45) is -73.1. The number of carbonyl (C=O) groups excluding carboxylic acids is 2. The van der Waals surface area contributed by atoms with Crippen molar-refractivity contribution in [1.29, 1.82) is 0 Å².